The Morgan fingerprint density at radius 1 is 1.32 bits per heavy atom. The molecule has 3 rings (SSSR count). The van der Waals surface area contributed by atoms with Crippen LogP contribution >= 0.6 is 0 Å². The van der Waals surface area contributed by atoms with Crippen molar-refractivity contribution in [3.8, 4) is 5.75 Å². The number of ketones is 1. The average molecular weight is 338 g/mol. The maximum absolute atomic E-state index is 12.4. The van der Waals surface area contributed by atoms with E-state index in [1.165, 1.54) is 6.92 Å². The van der Waals surface area contributed by atoms with Crippen molar-refractivity contribution in [3.05, 3.63) is 58.7 Å². The van der Waals surface area contributed by atoms with Gasteiger partial charge >= 0.3 is 7.12 Å². The minimum atomic E-state index is -1.24. The SMILES string of the molecule is CC(=O)c1cccc2c1OB(O)[C@@H](NC(=O)c1ccc(C)c(N)c1)C2. The molecule has 2 aromatic rings. The van der Waals surface area contributed by atoms with Crippen molar-refractivity contribution < 1.29 is 19.3 Å². The van der Waals surface area contributed by atoms with E-state index >= 15 is 0 Å². The molecule has 25 heavy (non-hydrogen) atoms. The lowest BCUT2D eigenvalue weighted by Gasteiger charge is -2.29. The molecule has 2 aromatic carbocycles. The van der Waals surface area contributed by atoms with Crippen molar-refractivity contribution in [2.24, 2.45) is 0 Å². The molecule has 0 spiro atoms. The smallest absolute Gasteiger partial charge is 0.534 e. The van der Waals surface area contributed by atoms with Crippen LogP contribution in [0, 0.1) is 6.92 Å². The highest BCUT2D eigenvalue weighted by molar-refractivity contribution is 6.47. The van der Waals surface area contributed by atoms with Gasteiger partial charge in [0.1, 0.15) is 5.75 Å². The molecule has 0 fully saturated rings. The fourth-order valence-corrected chi connectivity index (χ4v) is 2.86. The summed E-state index contributed by atoms with van der Waals surface area (Å²) in [5, 5.41) is 13.0. The van der Waals surface area contributed by atoms with Crippen LogP contribution in [0.5, 0.6) is 5.75 Å². The van der Waals surface area contributed by atoms with Gasteiger partial charge in [-0.25, -0.2) is 0 Å². The summed E-state index contributed by atoms with van der Waals surface area (Å²) < 4.78 is 5.51. The van der Waals surface area contributed by atoms with Crippen molar-refractivity contribution in [2.75, 3.05) is 5.73 Å². The average Bonchev–Trinajstić information content (AvgIpc) is 2.57. The first-order valence-electron chi connectivity index (χ1n) is 8.01. The normalized spacial score (nSPS) is 16.0. The van der Waals surface area contributed by atoms with Gasteiger partial charge in [-0.05, 0) is 49.6 Å². The fraction of sp³-hybridized carbons (Fsp3) is 0.222. The number of hydrogen-bond acceptors (Lipinski definition) is 5. The second-order valence-corrected chi connectivity index (χ2v) is 6.21. The number of nitrogen functional groups attached to an aromatic ring is 1. The molecule has 1 aliphatic rings. The second kappa shape index (κ2) is 6.60. The summed E-state index contributed by atoms with van der Waals surface area (Å²) in [7, 11) is -1.24. The number of rotatable bonds is 3. The third-order valence-electron chi connectivity index (χ3n) is 4.36. The van der Waals surface area contributed by atoms with E-state index in [4.69, 9.17) is 10.4 Å². The maximum atomic E-state index is 12.4. The number of fused-ring (bicyclic) bond motifs is 1. The Morgan fingerprint density at radius 2 is 2.08 bits per heavy atom. The van der Waals surface area contributed by atoms with Gasteiger partial charge in [-0.1, -0.05) is 18.2 Å². The third-order valence-corrected chi connectivity index (χ3v) is 4.36. The molecule has 1 heterocycles. The van der Waals surface area contributed by atoms with Crippen LogP contribution in [-0.4, -0.2) is 29.8 Å². The van der Waals surface area contributed by atoms with Crippen LogP contribution in [0.4, 0.5) is 5.69 Å². The number of para-hydroxylation sites is 1. The first-order chi connectivity index (χ1) is 11.9. The molecule has 7 heteroatoms. The molecule has 0 bridgehead atoms. The third kappa shape index (κ3) is 3.37. The quantitative estimate of drug-likeness (QED) is 0.448. The minimum Gasteiger partial charge on any atom is -0.534 e. The molecular weight excluding hydrogens is 319 g/mol. The van der Waals surface area contributed by atoms with Gasteiger partial charge in [-0.2, -0.15) is 0 Å². The Morgan fingerprint density at radius 3 is 2.76 bits per heavy atom. The van der Waals surface area contributed by atoms with E-state index in [2.05, 4.69) is 5.32 Å². The van der Waals surface area contributed by atoms with Crippen LogP contribution in [0.25, 0.3) is 0 Å². The van der Waals surface area contributed by atoms with Gasteiger partial charge < -0.3 is 20.7 Å². The number of hydrogen-bond donors (Lipinski definition) is 3. The number of nitrogens with one attached hydrogen (secondary N) is 1. The Balaban J connectivity index is 1.80. The lowest BCUT2D eigenvalue weighted by Crippen LogP contribution is -2.53. The van der Waals surface area contributed by atoms with Gasteiger partial charge in [-0.3, -0.25) is 9.59 Å². The van der Waals surface area contributed by atoms with Crippen molar-refractivity contribution in [1.29, 1.82) is 0 Å². The molecule has 0 aromatic heterocycles. The van der Waals surface area contributed by atoms with Crippen molar-refractivity contribution in [1.82, 2.24) is 5.32 Å². The summed E-state index contributed by atoms with van der Waals surface area (Å²) in [6.07, 6.45) is 0.366. The number of aryl methyl sites for hydroxylation is 1. The zero-order valence-corrected chi connectivity index (χ0v) is 14.1. The molecular formula is C18H19BN2O4. The van der Waals surface area contributed by atoms with Gasteiger partial charge in [0.05, 0.1) is 11.5 Å². The predicted molar refractivity (Wildman–Crippen MR) is 95.6 cm³/mol. The summed E-state index contributed by atoms with van der Waals surface area (Å²) >= 11 is 0. The molecule has 0 saturated heterocycles. The number of Topliss-reactive ketones (excluding diaryl/α,β-unsaturated/α-hetero) is 1. The first kappa shape index (κ1) is 17.0. The monoisotopic (exact) mass is 338 g/mol. The number of nitrogens with two attached hydrogens (primary N) is 1. The topological polar surface area (TPSA) is 102 Å². The van der Waals surface area contributed by atoms with E-state index in [1.807, 2.05) is 13.0 Å². The van der Waals surface area contributed by atoms with Gasteiger partial charge in [0, 0.05) is 11.3 Å². The van der Waals surface area contributed by atoms with E-state index in [0.29, 0.717) is 29.0 Å². The Kier molecular flexibility index (Phi) is 4.50. The molecule has 1 aliphatic heterocycles. The van der Waals surface area contributed by atoms with Crippen LogP contribution in [0.1, 0.15) is 38.8 Å². The largest absolute Gasteiger partial charge is 0.547 e. The number of benzene rings is 2. The van der Waals surface area contributed by atoms with Gasteiger partial charge in [0.15, 0.2) is 5.78 Å². The Bertz CT molecular complexity index is 853. The number of amides is 1. The van der Waals surface area contributed by atoms with Crippen LogP contribution in [-0.2, 0) is 6.42 Å². The molecule has 4 N–H and O–H groups in total. The lowest BCUT2D eigenvalue weighted by molar-refractivity contribution is 0.0939. The van der Waals surface area contributed by atoms with E-state index in [1.54, 1.807) is 30.3 Å². The van der Waals surface area contributed by atoms with E-state index in [-0.39, 0.29) is 11.7 Å². The Labute approximate surface area is 146 Å². The molecule has 1 amide bonds. The summed E-state index contributed by atoms with van der Waals surface area (Å²) in [5.41, 5.74) is 8.87. The molecule has 0 radical (unpaired) electrons. The standard InChI is InChI=1S/C18H19BN2O4/c1-10-6-7-13(8-15(10)20)18(23)21-16-9-12-4-3-5-14(11(2)22)17(12)25-19(16)24/h3-8,16,24H,9,20H2,1-2H3,(H,21,23)/t16-/m0/s1. The molecule has 0 saturated carbocycles. The summed E-state index contributed by atoms with van der Waals surface area (Å²) in [6.45, 7) is 3.31. The van der Waals surface area contributed by atoms with E-state index in [9.17, 15) is 14.6 Å². The van der Waals surface area contributed by atoms with Crippen LogP contribution in [0.2, 0.25) is 0 Å². The van der Waals surface area contributed by atoms with Gasteiger partial charge in [0.2, 0.25) is 0 Å². The summed E-state index contributed by atoms with van der Waals surface area (Å²) in [5.74, 6) is -0.718. The van der Waals surface area contributed by atoms with Crippen LogP contribution in [0.3, 0.4) is 0 Å². The number of carbonyl (C=O) groups excluding carboxylic acids is 2. The lowest BCUT2D eigenvalue weighted by atomic mass is 9.72. The molecule has 0 aliphatic carbocycles. The van der Waals surface area contributed by atoms with Crippen molar-refractivity contribution in [3.63, 3.8) is 0 Å². The summed E-state index contributed by atoms with van der Waals surface area (Å²) in [4.78, 5) is 24.1. The van der Waals surface area contributed by atoms with E-state index in [0.717, 1.165) is 11.1 Å². The Hall–Kier alpha value is -2.80. The fourth-order valence-electron chi connectivity index (χ4n) is 2.86. The molecule has 128 valence electrons. The minimum absolute atomic E-state index is 0.137. The second-order valence-electron chi connectivity index (χ2n) is 6.21. The van der Waals surface area contributed by atoms with Gasteiger partial charge in [-0.15, -0.1) is 0 Å². The zero-order valence-electron chi connectivity index (χ0n) is 14.1. The van der Waals surface area contributed by atoms with Crippen molar-refractivity contribution in [2.45, 2.75) is 26.2 Å². The van der Waals surface area contributed by atoms with Crippen molar-refractivity contribution >= 4 is 24.5 Å². The van der Waals surface area contributed by atoms with E-state index < -0.39 is 13.1 Å². The van der Waals surface area contributed by atoms with Gasteiger partial charge in [0.25, 0.3) is 5.91 Å². The number of carbonyl (C=O) groups is 2. The maximum Gasteiger partial charge on any atom is 0.547 e. The molecule has 6 nitrogen and oxygen atoms in total. The zero-order chi connectivity index (χ0) is 18.1. The van der Waals surface area contributed by atoms with Crippen LogP contribution in [0.15, 0.2) is 36.4 Å². The predicted octanol–water partition coefficient (Wildman–Crippen LogP) is 1.53. The van der Waals surface area contributed by atoms with Crippen LogP contribution < -0.4 is 15.7 Å². The summed E-state index contributed by atoms with van der Waals surface area (Å²) in [6, 6.07) is 10.3. The molecule has 0 unspecified atom stereocenters. The molecule has 1 atom stereocenters. The highest BCUT2D eigenvalue weighted by atomic mass is 16.5. The highest BCUT2D eigenvalue weighted by Gasteiger charge is 2.37. The highest BCUT2D eigenvalue weighted by Crippen LogP contribution is 2.30. The number of anilines is 1. The first-order valence-corrected chi connectivity index (χ1v) is 8.01.